The van der Waals surface area contributed by atoms with Crippen LogP contribution in [0, 0.1) is 5.82 Å². The van der Waals surface area contributed by atoms with E-state index in [1.165, 1.54) is 12.1 Å². The maximum Gasteiger partial charge on any atom is 0.123 e. The zero-order valence-electron chi connectivity index (χ0n) is 8.99. The Balaban J connectivity index is 2.13. The maximum absolute atomic E-state index is 12.8. The molecular formula is C13H15FN2. The summed E-state index contributed by atoms with van der Waals surface area (Å²) in [6.07, 6.45) is 2.75. The summed E-state index contributed by atoms with van der Waals surface area (Å²) in [6, 6.07) is 10.6. The quantitative estimate of drug-likeness (QED) is 0.813. The molecular weight excluding hydrogens is 203 g/mol. The molecule has 84 valence electrons. The van der Waals surface area contributed by atoms with Crippen LogP contribution in [0.5, 0.6) is 0 Å². The number of hydrogen-bond acceptors (Lipinski definition) is 1. The summed E-state index contributed by atoms with van der Waals surface area (Å²) in [6.45, 7) is 0.560. The van der Waals surface area contributed by atoms with Crippen LogP contribution in [0.3, 0.4) is 0 Å². The SMILES string of the molecule is NCC(Cc1ccc[nH]1)c1ccc(F)cc1. The molecule has 0 bridgehead atoms. The molecule has 0 radical (unpaired) electrons. The highest BCUT2D eigenvalue weighted by molar-refractivity contribution is 5.23. The zero-order valence-corrected chi connectivity index (χ0v) is 8.99. The van der Waals surface area contributed by atoms with Crippen LogP contribution in [0.1, 0.15) is 17.2 Å². The van der Waals surface area contributed by atoms with Crippen LogP contribution < -0.4 is 5.73 Å². The van der Waals surface area contributed by atoms with E-state index < -0.39 is 0 Å². The van der Waals surface area contributed by atoms with Gasteiger partial charge in [0.25, 0.3) is 0 Å². The molecule has 1 aromatic carbocycles. The minimum absolute atomic E-state index is 0.209. The number of aromatic nitrogens is 1. The highest BCUT2D eigenvalue weighted by Gasteiger charge is 2.10. The van der Waals surface area contributed by atoms with E-state index in [-0.39, 0.29) is 11.7 Å². The standard InChI is InChI=1S/C13H15FN2/c14-12-5-3-10(4-6-12)11(9-15)8-13-2-1-7-16-13/h1-7,11,16H,8-9,15H2. The Labute approximate surface area is 94.3 Å². The number of hydrogen-bond donors (Lipinski definition) is 2. The van der Waals surface area contributed by atoms with E-state index in [0.29, 0.717) is 6.54 Å². The summed E-state index contributed by atoms with van der Waals surface area (Å²) in [5.74, 6) is 0.0265. The molecule has 0 aliphatic carbocycles. The second-order valence-corrected chi connectivity index (χ2v) is 3.88. The van der Waals surface area contributed by atoms with Gasteiger partial charge in [-0.2, -0.15) is 0 Å². The topological polar surface area (TPSA) is 41.8 Å². The lowest BCUT2D eigenvalue weighted by Crippen LogP contribution is -2.15. The minimum Gasteiger partial charge on any atom is -0.365 e. The normalized spacial score (nSPS) is 12.6. The molecule has 3 heteroatoms. The van der Waals surface area contributed by atoms with Crippen molar-refractivity contribution >= 4 is 0 Å². The molecule has 0 spiro atoms. The van der Waals surface area contributed by atoms with Gasteiger partial charge >= 0.3 is 0 Å². The first-order valence-corrected chi connectivity index (χ1v) is 5.37. The van der Waals surface area contributed by atoms with Crippen molar-refractivity contribution in [3.63, 3.8) is 0 Å². The predicted octanol–water partition coefficient (Wildman–Crippen LogP) is 2.44. The number of halogens is 1. The van der Waals surface area contributed by atoms with Crippen molar-refractivity contribution in [1.29, 1.82) is 0 Å². The molecule has 16 heavy (non-hydrogen) atoms. The summed E-state index contributed by atoms with van der Waals surface area (Å²) in [5, 5.41) is 0. The van der Waals surface area contributed by atoms with Gasteiger partial charge in [0, 0.05) is 17.8 Å². The first-order chi connectivity index (χ1) is 7.79. The summed E-state index contributed by atoms with van der Waals surface area (Å²) in [4.78, 5) is 3.15. The van der Waals surface area contributed by atoms with Crippen LogP contribution in [0.15, 0.2) is 42.6 Å². The Morgan fingerprint density at radius 1 is 1.19 bits per heavy atom. The van der Waals surface area contributed by atoms with Crippen LogP contribution in [0.4, 0.5) is 4.39 Å². The first kappa shape index (κ1) is 10.9. The van der Waals surface area contributed by atoms with Crippen LogP contribution in [-0.4, -0.2) is 11.5 Å². The molecule has 0 fully saturated rings. The van der Waals surface area contributed by atoms with Crippen LogP contribution in [0.25, 0.3) is 0 Å². The highest BCUT2D eigenvalue weighted by Crippen LogP contribution is 2.19. The molecule has 0 saturated carbocycles. The summed E-state index contributed by atoms with van der Waals surface area (Å²) >= 11 is 0. The van der Waals surface area contributed by atoms with E-state index in [0.717, 1.165) is 17.7 Å². The van der Waals surface area contributed by atoms with Crippen LogP contribution in [0.2, 0.25) is 0 Å². The van der Waals surface area contributed by atoms with Crippen molar-refractivity contribution in [3.05, 3.63) is 59.7 Å². The number of nitrogens with one attached hydrogen (secondary N) is 1. The lowest BCUT2D eigenvalue weighted by atomic mass is 9.94. The van der Waals surface area contributed by atoms with E-state index in [9.17, 15) is 4.39 Å². The van der Waals surface area contributed by atoms with Gasteiger partial charge in [-0.25, -0.2) is 4.39 Å². The second-order valence-electron chi connectivity index (χ2n) is 3.88. The Kier molecular flexibility index (Phi) is 3.37. The number of benzene rings is 1. The molecule has 2 aromatic rings. The van der Waals surface area contributed by atoms with Gasteiger partial charge in [-0.3, -0.25) is 0 Å². The third-order valence-electron chi connectivity index (χ3n) is 2.75. The average molecular weight is 218 g/mol. The molecule has 1 atom stereocenters. The van der Waals surface area contributed by atoms with Crippen molar-refractivity contribution in [2.24, 2.45) is 5.73 Å². The fraction of sp³-hybridized carbons (Fsp3) is 0.231. The van der Waals surface area contributed by atoms with Crippen molar-refractivity contribution in [3.8, 4) is 0 Å². The fourth-order valence-electron chi connectivity index (χ4n) is 1.83. The lowest BCUT2D eigenvalue weighted by molar-refractivity contribution is 0.623. The Morgan fingerprint density at radius 3 is 2.50 bits per heavy atom. The fourth-order valence-corrected chi connectivity index (χ4v) is 1.83. The van der Waals surface area contributed by atoms with Crippen LogP contribution >= 0.6 is 0 Å². The molecule has 1 heterocycles. The summed E-state index contributed by atoms with van der Waals surface area (Å²) in [7, 11) is 0. The van der Waals surface area contributed by atoms with Gasteiger partial charge in [0.15, 0.2) is 0 Å². The van der Waals surface area contributed by atoms with Gasteiger partial charge in [0.1, 0.15) is 5.82 Å². The van der Waals surface area contributed by atoms with E-state index in [4.69, 9.17) is 5.73 Å². The number of aromatic amines is 1. The predicted molar refractivity (Wildman–Crippen MR) is 62.7 cm³/mol. The number of rotatable bonds is 4. The molecule has 1 unspecified atom stereocenters. The average Bonchev–Trinajstić information content (AvgIpc) is 2.80. The largest absolute Gasteiger partial charge is 0.365 e. The van der Waals surface area contributed by atoms with E-state index in [2.05, 4.69) is 4.98 Å². The van der Waals surface area contributed by atoms with E-state index >= 15 is 0 Å². The van der Waals surface area contributed by atoms with Gasteiger partial charge in [-0.1, -0.05) is 12.1 Å². The van der Waals surface area contributed by atoms with Crippen molar-refractivity contribution in [2.75, 3.05) is 6.54 Å². The third kappa shape index (κ3) is 2.49. The Bertz CT molecular complexity index is 420. The molecule has 2 rings (SSSR count). The monoisotopic (exact) mass is 218 g/mol. The van der Waals surface area contributed by atoms with Gasteiger partial charge in [-0.15, -0.1) is 0 Å². The molecule has 0 aliphatic rings. The van der Waals surface area contributed by atoms with Gasteiger partial charge in [0.2, 0.25) is 0 Å². The molecule has 3 N–H and O–H groups in total. The zero-order chi connectivity index (χ0) is 11.4. The van der Waals surface area contributed by atoms with Crippen LogP contribution in [-0.2, 0) is 6.42 Å². The second kappa shape index (κ2) is 4.94. The first-order valence-electron chi connectivity index (χ1n) is 5.37. The van der Waals surface area contributed by atoms with E-state index in [1.807, 2.05) is 18.3 Å². The molecule has 2 nitrogen and oxygen atoms in total. The third-order valence-corrected chi connectivity index (χ3v) is 2.75. The van der Waals surface area contributed by atoms with Gasteiger partial charge in [-0.05, 0) is 42.8 Å². The van der Waals surface area contributed by atoms with Crippen molar-refractivity contribution in [2.45, 2.75) is 12.3 Å². The van der Waals surface area contributed by atoms with Crippen molar-refractivity contribution < 1.29 is 4.39 Å². The molecule has 1 aromatic heterocycles. The number of H-pyrrole nitrogens is 1. The maximum atomic E-state index is 12.8. The highest BCUT2D eigenvalue weighted by atomic mass is 19.1. The van der Waals surface area contributed by atoms with Gasteiger partial charge in [0.05, 0.1) is 0 Å². The lowest BCUT2D eigenvalue weighted by Gasteiger charge is -2.14. The number of nitrogens with two attached hydrogens (primary N) is 1. The molecule has 0 amide bonds. The van der Waals surface area contributed by atoms with E-state index in [1.54, 1.807) is 12.1 Å². The Hall–Kier alpha value is -1.61. The summed E-state index contributed by atoms with van der Waals surface area (Å²) < 4.78 is 12.8. The minimum atomic E-state index is -0.209. The van der Waals surface area contributed by atoms with Gasteiger partial charge < -0.3 is 10.7 Å². The smallest absolute Gasteiger partial charge is 0.123 e. The summed E-state index contributed by atoms with van der Waals surface area (Å²) in [5.41, 5.74) is 7.99. The Morgan fingerprint density at radius 2 is 1.94 bits per heavy atom. The van der Waals surface area contributed by atoms with Crippen molar-refractivity contribution in [1.82, 2.24) is 4.98 Å². The molecule has 0 aliphatic heterocycles. The molecule has 0 saturated heterocycles.